The van der Waals surface area contributed by atoms with E-state index in [9.17, 15) is 4.79 Å². The molecule has 0 amide bonds. The molecule has 0 unspecified atom stereocenters. The maximum atomic E-state index is 13.9. The highest BCUT2D eigenvalue weighted by Crippen LogP contribution is 2.58. The van der Waals surface area contributed by atoms with Crippen molar-refractivity contribution in [3.8, 4) is 0 Å². The Bertz CT molecular complexity index is 1360. The first kappa shape index (κ1) is 26.7. The van der Waals surface area contributed by atoms with Crippen LogP contribution in [0, 0.1) is 0 Å². The molecule has 38 heavy (non-hydrogen) atoms. The van der Waals surface area contributed by atoms with Gasteiger partial charge < -0.3 is 0 Å². The molecule has 0 spiro atoms. The zero-order valence-electron chi connectivity index (χ0n) is 21.2. The van der Waals surface area contributed by atoms with E-state index in [1.807, 2.05) is 24.3 Å². The predicted octanol–water partition coefficient (Wildman–Crippen LogP) is 7.43. The van der Waals surface area contributed by atoms with E-state index in [0.29, 0.717) is 6.16 Å². The molecule has 0 radical (unpaired) electrons. The van der Waals surface area contributed by atoms with Crippen molar-refractivity contribution in [2.75, 3.05) is 18.5 Å². The average molecular weight is 596 g/mol. The summed E-state index contributed by atoms with van der Waals surface area (Å²) in [6.45, 7) is 0. The van der Waals surface area contributed by atoms with Crippen molar-refractivity contribution in [1.82, 2.24) is 0 Å². The number of hydrogen-bond acceptors (Lipinski definition) is 1. The third-order valence-electron chi connectivity index (χ3n) is 6.92. The van der Waals surface area contributed by atoms with Crippen LogP contribution in [-0.2, 0) is 0 Å². The standard InChI is InChI=1S/C34H30BrOP2/c35-29-23-21-28(22-24-29)34(36)27-38(32-17-9-3-10-18-32,33-19-11-4-12-20-33)26-25-37(30-13-5-1-6-14-30)31-15-7-2-8-16-31/h1-24H,25-27H2/q+1. The minimum atomic E-state index is -2.07. The van der Waals surface area contributed by atoms with Gasteiger partial charge in [-0.2, -0.15) is 0 Å². The predicted molar refractivity (Wildman–Crippen MR) is 171 cm³/mol. The first-order chi connectivity index (χ1) is 18.7. The van der Waals surface area contributed by atoms with E-state index in [1.165, 1.54) is 21.2 Å². The molecule has 0 N–H and O–H groups in total. The molecule has 0 saturated carbocycles. The molecular weight excluding hydrogens is 566 g/mol. The highest BCUT2D eigenvalue weighted by Gasteiger charge is 2.45. The average Bonchev–Trinajstić information content (AvgIpc) is 2.99. The summed E-state index contributed by atoms with van der Waals surface area (Å²) in [5.41, 5.74) is 0.776. The first-order valence-corrected chi connectivity index (χ1v) is 17.3. The molecule has 0 fully saturated rings. The molecule has 0 atom stereocenters. The Balaban J connectivity index is 1.60. The summed E-state index contributed by atoms with van der Waals surface area (Å²) in [6, 6.07) is 51.2. The number of benzene rings is 5. The fourth-order valence-corrected chi connectivity index (χ4v) is 12.8. The van der Waals surface area contributed by atoms with E-state index in [1.54, 1.807) is 0 Å². The van der Waals surface area contributed by atoms with Crippen LogP contribution in [-0.4, -0.2) is 24.3 Å². The summed E-state index contributed by atoms with van der Waals surface area (Å²) in [5.74, 6) is 0.210. The molecule has 5 aromatic rings. The number of carbonyl (C=O) groups is 1. The van der Waals surface area contributed by atoms with Gasteiger partial charge in [0, 0.05) is 16.2 Å². The normalized spacial score (nSPS) is 11.4. The molecule has 0 aliphatic carbocycles. The van der Waals surface area contributed by atoms with E-state index in [-0.39, 0.29) is 5.78 Å². The van der Waals surface area contributed by atoms with E-state index >= 15 is 0 Å². The van der Waals surface area contributed by atoms with Gasteiger partial charge in [0.05, 0.1) is 24.0 Å². The van der Waals surface area contributed by atoms with Gasteiger partial charge in [0.15, 0.2) is 0 Å². The quantitative estimate of drug-likeness (QED) is 0.121. The molecule has 0 bridgehead atoms. The summed E-state index contributed by atoms with van der Waals surface area (Å²) in [6.07, 6.45) is 2.52. The lowest BCUT2D eigenvalue weighted by atomic mass is 10.2. The number of rotatable bonds is 10. The van der Waals surface area contributed by atoms with E-state index in [0.717, 1.165) is 22.4 Å². The highest BCUT2D eigenvalue weighted by molar-refractivity contribution is 9.10. The molecule has 0 heterocycles. The zero-order valence-corrected chi connectivity index (χ0v) is 24.5. The number of ketones is 1. The lowest BCUT2D eigenvalue weighted by Crippen LogP contribution is -2.32. The van der Waals surface area contributed by atoms with Crippen LogP contribution in [0.1, 0.15) is 10.4 Å². The lowest BCUT2D eigenvalue weighted by molar-refractivity contribution is 0.102. The van der Waals surface area contributed by atoms with Crippen LogP contribution in [0.15, 0.2) is 150 Å². The Labute approximate surface area is 236 Å². The molecule has 0 saturated heterocycles. The SMILES string of the molecule is O=C(C[P+](CCP(c1ccccc1)c1ccccc1)(c1ccccc1)c1ccccc1)c1ccc(Br)cc1. The Kier molecular flexibility index (Phi) is 8.98. The van der Waals surface area contributed by atoms with Crippen molar-refractivity contribution in [3.05, 3.63) is 156 Å². The maximum Gasteiger partial charge on any atom is 0.200 e. The van der Waals surface area contributed by atoms with Crippen molar-refractivity contribution in [2.45, 2.75) is 0 Å². The summed E-state index contributed by atoms with van der Waals surface area (Å²) >= 11 is 3.51. The Morgan fingerprint density at radius 2 is 1.00 bits per heavy atom. The minimum absolute atomic E-state index is 0.210. The van der Waals surface area contributed by atoms with Gasteiger partial charge >= 0.3 is 0 Å². The highest BCUT2D eigenvalue weighted by atomic mass is 79.9. The molecule has 0 aliphatic heterocycles. The minimum Gasteiger partial charge on any atom is -0.290 e. The van der Waals surface area contributed by atoms with E-state index in [2.05, 4.69) is 137 Å². The van der Waals surface area contributed by atoms with Crippen molar-refractivity contribution >= 4 is 58.1 Å². The fourth-order valence-electron chi connectivity index (χ4n) is 4.96. The second-order valence-electron chi connectivity index (χ2n) is 9.27. The van der Waals surface area contributed by atoms with Gasteiger partial charge in [-0.05, 0) is 54.9 Å². The largest absolute Gasteiger partial charge is 0.290 e. The molecule has 5 rings (SSSR count). The second-order valence-corrected chi connectivity index (χ2v) is 16.3. The van der Waals surface area contributed by atoms with E-state index in [4.69, 9.17) is 0 Å². The summed E-state index contributed by atoms with van der Waals surface area (Å²) < 4.78 is 0.984. The lowest BCUT2D eigenvalue weighted by Gasteiger charge is -2.29. The molecular formula is C34H30BrOP2+. The molecule has 4 heteroatoms. The zero-order chi connectivity index (χ0) is 26.2. The van der Waals surface area contributed by atoms with Crippen LogP contribution in [0.3, 0.4) is 0 Å². The van der Waals surface area contributed by atoms with Gasteiger partial charge in [0.2, 0.25) is 5.78 Å². The van der Waals surface area contributed by atoms with Crippen LogP contribution in [0.25, 0.3) is 0 Å². The van der Waals surface area contributed by atoms with Crippen LogP contribution >= 0.6 is 31.1 Å². The number of Topliss-reactive ketones (excluding diaryl/α,β-unsaturated/α-hetero) is 1. The van der Waals surface area contributed by atoms with Crippen LogP contribution < -0.4 is 21.2 Å². The summed E-state index contributed by atoms with van der Waals surface area (Å²) in [5, 5.41) is 5.36. The third-order valence-corrected chi connectivity index (χ3v) is 14.7. The first-order valence-electron chi connectivity index (χ1n) is 12.8. The monoisotopic (exact) mass is 595 g/mol. The van der Waals surface area contributed by atoms with Crippen molar-refractivity contribution < 1.29 is 4.79 Å². The van der Waals surface area contributed by atoms with Gasteiger partial charge in [-0.15, -0.1) is 0 Å². The topological polar surface area (TPSA) is 17.1 Å². The molecule has 5 aromatic carbocycles. The maximum absolute atomic E-state index is 13.9. The summed E-state index contributed by atoms with van der Waals surface area (Å²) in [7, 11) is -2.64. The fraction of sp³-hybridized carbons (Fsp3) is 0.0882. The Morgan fingerprint density at radius 1 is 0.579 bits per heavy atom. The van der Waals surface area contributed by atoms with Gasteiger partial charge in [0.25, 0.3) is 0 Å². The van der Waals surface area contributed by atoms with Gasteiger partial charge in [0.1, 0.15) is 6.16 Å². The molecule has 0 aromatic heterocycles. The van der Waals surface area contributed by atoms with Gasteiger partial charge in [-0.3, -0.25) is 4.79 Å². The van der Waals surface area contributed by atoms with Crippen LogP contribution in [0.5, 0.6) is 0 Å². The van der Waals surface area contributed by atoms with Crippen molar-refractivity contribution in [1.29, 1.82) is 0 Å². The number of carbonyl (C=O) groups excluding carboxylic acids is 1. The van der Waals surface area contributed by atoms with E-state index < -0.39 is 15.2 Å². The van der Waals surface area contributed by atoms with Crippen molar-refractivity contribution in [2.24, 2.45) is 0 Å². The van der Waals surface area contributed by atoms with Gasteiger partial charge in [-0.25, -0.2) is 0 Å². The van der Waals surface area contributed by atoms with Crippen LogP contribution in [0.4, 0.5) is 0 Å². The van der Waals surface area contributed by atoms with Crippen molar-refractivity contribution in [3.63, 3.8) is 0 Å². The smallest absolute Gasteiger partial charge is 0.200 e. The Hall–Kier alpha value is -2.89. The molecule has 0 aliphatic rings. The number of halogens is 1. The van der Waals surface area contributed by atoms with Crippen LogP contribution in [0.2, 0.25) is 0 Å². The third kappa shape index (κ3) is 6.22. The second kappa shape index (κ2) is 12.8. The molecule has 188 valence electrons. The summed E-state index contributed by atoms with van der Waals surface area (Å²) in [4.78, 5) is 13.9. The number of hydrogen-bond donors (Lipinski definition) is 0. The molecule has 1 nitrogen and oxygen atoms in total. The Morgan fingerprint density at radius 3 is 1.45 bits per heavy atom. The van der Waals surface area contributed by atoms with Gasteiger partial charge in [-0.1, -0.05) is 125 Å².